The van der Waals surface area contributed by atoms with Crippen LogP contribution in [0.3, 0.4) is 0 Å². The molecule has 1 unspecified atom stereocenters. The average molecular weight is 254 g/mol. The minimum Gasteiger partial charge on any atom is -0.489 e. The van der Waals surface area contributed by atoms with Crippen LogP contribution in [0.15, 0.2) is 12.1 Å². The Hall–Kier alpha value is -0.930. The molecule has 1 atom stereocenters. The van der Waals surface area contributed by atoms with Gasteiger partial charge in [-0.25, -0.2) is 0 Å². The molecule has 1 aromatic rings. The van der Waals surface area contributed by atoms with Crippen molar-refractivity contribution in [3.63, 3.8) is 0 Å². The van der Waals surface area contributed by atoms with Crippen LogP contribution in [0.5, 0.6) is 11.5 Å². The number of benzene rings is 1. The van der Waals surface area contributed by atoms with E-state index in [4.69, 9.17) is 26.8 Å². The third-order valence-corrected chi connectivity index (χ3v) is 3.85. The van der Waals surface area contributed by atoms with Crippen LogP contribution >= 0.6 is 11.6 Å². The van der Waals surface area contributed by atoms with Crippen LogP contribution in [-0.2, 0) is 0 Å². The standard InChI is InChI=1S/C13H16ClNO2/c1-8(15)9-4-10(14)12-11(5-9)16-6-13(2-3-13)7-17-12/h4-5,8H,2-3,6-7,15H2,1H3. The minimum atomic E-state index is -0.0560. The van der Waals surface area contributed by atoms with Crippen LogP contribution in [0.4, 0.5) is 0 Å². The van der Waals surface area contributed by atoms with Gasteiger partial charge in [0, 0.05) is 11.5 Å². The Morgan fingerprint density at radius 3 is 2.65 bits per heavy atom. The Labute approximate surface area is 106 Å². The van der Waals surface area contributed by atoms with Crippen LogP contribution in [0.1, 0.15) is 31.4 Å². The first-order valence-corrected chi connectivity index (χ1v) is 6.32. The molecular weight excluding hydrogens is 238 g/mol. The predicted octanol–water partition coefficient (Wildman–Crippen LogP) is 2.91. The average Bonchev–Trinajstić information content (AvgIpc) is 3.07. The second-order valence-corrected chi connectivity index (χ2v) is 5.60. The van der Waals surface area contributed by atoms with E-state index in [9.17, 15) is 0 Å². The van der Waals surface area contributed by atoms with Crippen molar-refractivity contribution in [1.82, 2.24) is 0 Å². The maximum absolute atomic E-state index is 6.22. The van der Waals surface area contributed by atoms with Gasteiger partial charge >= 0.3 is 0 Å². The van der Waals surface area contributed by atoms with E-state index in [1.807, 2.05) is 19.1 Å². The molecule has 17 heavy (non-hydrogen) atoms. The number of nitrogens with two attached hydrogens (primary N) is 1. The molecular formula is C13H16ClNO2. The van der Waals surface area contributed by atoms with E-state index in [1.54, 1.807) is 0 Å². The number of hydrogen-bond donors (Lipinski definition) is 1. The third kappa shape index (κ3) is 1.98. The summed E-state index contributed by atoms with van der Waals surface area (Å²) >= 11 is 6.22. The first-order chi connectivity index (χ1) is 8.10. The molecule has 4 heteroatoms. The van der Waals surface area contributed by atoms with Crippen molar-refractivity contribution < 1.29 is 9.47 Å². The second-order valence-electron chi connectivity index (χ2n) is 5.20. The zero-order valence-electron chi connectivity index (χ0n) is 9.83. The summed E-state index contributed by atoms with van der Waals surface area (Å²) < 4.78 is 11.6. The molecule has 2 N–H and O–H groups in total. The zero-order chi connectivity index (χ0) is 12.0. The highest BCUT2D eigenvalue weighted by Crippen LogP contribution is 2.50. The number of fused-ring (bicyclic) bond motifs is 1. The van der Waals surface area contributed by atoms with Gasteiger partial charge in [-0.15, -0.1) is 0 Å². The van der Waals surface area contributed by atoms with Gasteiger partial charge in [0.05, 0.1) is 18.2 Å². The molecule has 0 bridgehead atoms. The van der Waals surface area contributed by atoms with Crippen molar-refractivity contribution in [3.05, 3.63) is 22.7 Å². The van der Waals surface area contributed by atoms with Crippen molar-refractivity contribution in [2.24, 2.45) is 11.1 Å². The first-order valence-electron chi connectivity index (χ1n) is 5.94. The molecule has 1 aromatic carbocycles. The van der Waals surface area contributed by atoms with Crippen molar-refractivity contribution in [3.8, 4) is 11.5 Å². The van der Waals surface area contributed by atoms with Gasteiger partial charge in [0.2, 0.25) is 0 Å². The fourth-order valence-electron chi connectivity index (χ4n) is 2.06. The smallest absolute Gasteiger partial charge is 0.179 e. The molecule has 2 aliphatic rings. The number of ether oxygens (including phenoxy) is 2. The van der Waals surface area contributed by atoms with Crippen LogP contribution in [0.2, 0.25) is 5.02 Å². The minimum absolute atomic E-state index is 0.0560. The number of rotatable bonds is 1. The van der Waals surface area contributed by atoms with Crippen LogP contribution in [-0.4, -0.2) is 13.2 Å². The largest absolute Gasteiger partial charge is 0.489 e. The summed E-state index contributed by atoms with van der Waals surface area (Å²) in [4.78, 5) is 0. The first kappa shape index (κ1) is 11.2. The van der Waals surface area contributed by atoms with Crippen molar-refractivity contribution >= 4 is 11.6 Å². The molecule has 1 saturated carbocycles. The van der Waals surface area contributed by atoms with E-state index < -0.39 is 0 Å². The lowest BCUT2D eigenvalue weighted by molar-refractivity contribution is 0.197. The van der Waals surface area contributed by atoms with Gasteiger partial charge in [-0.2, -0.15) is 0 Å². The monoisotopic (exact) mass is 253 g/mol. The summed E-state index contributed by atoms with van der Waals surface area (Å²) in [7, 11) is 0. The third-order valence-electron chi connectivity index (χ3n) is 3.57. The van der Waals surface area contributed by atoms with Gasteiger partial charge in [0.1, 0.15) is 0 Å². The number of halogens is 1. The Kier molecular flexibility index (Phi) is 2.49. The molecule has 1 aliphatic heterocycles. The summed E-state index contributed by atoms with van der Waals surface area (Å²) in [6, 6.07) is 3.74. The summed E-state index contributed by atoms with van der Waals surface area (Å²) in [6.07, 6.45) is 2.36. The highest BCUT2D eigenvalue weighted by Gasteiger charge is 2.46. The fraction of sp³-hybridized carbons (Fsp3) is 0.538. The molecule has 0 saturated heterocycles. The maximum atomic E-state index is 6.22. The van der Waals surface area contributed by atoms with Crippen molar-refractivity contribution in [1.29, 1.82) is 0 Å². The highest BCUT2D eigenvalue weighted by molar-refractivity contribution is 6.32. The van der Waals surface area contributed by atoms with Gasteiger partial charge in [0.15, 0.2) is 11.5 Å². The van der Waals surface area contributed by atoms with E-state index in [0.29, 0.717) is 17.4 Å². The summed E-state index contributed by atoms with van der Waals surface area (Å²) in [5, 5.41) is 0.590. The van der Waals surface area contributed by atoms with Crippen LogP contribution in [0, 0.1) is 5.41 Å². The molecule has 3 nitrogen and oxygen atoms in total. The molecule has 3 rings (SSSR count). The van der Waals surface area contributed by atoms with E-state index in [1.165, 1.54) is 12.8 Å². The lowest BCUT2D eigenvalue weighted by atomic mass is 10.1. The molecule has 0 aromatic heterocycles. The van der Waals surface area contributed by atoms with Crippen LogP contribution < -0.4 is 15.2 Å². The van der Waals surface area contributed by atoms with E-state index in [-0.39, 0.29) is 11.5 Å². The fourth-order valence-corrected chi connectivity index (χ4v) is 2.34. The Morgan fingerprint density at radius 1 is 1.29 bits per heavy atom. The second kappa shape index (κ2) is 3.79. The van der Waals surface area contributed by atoms with Gasteiger partial charge < -0.3 is 15.2 Å². The number of hydrogen-bond acceptors (Lipinski definition) is 3. The SMILES string of the molecule is CC(N)c1cc(Cl)c2c(c1)OCC1(CC1)CO2. The van der Waals surface area contributed by atoms with E-state index in [2.05, 4.69) is 0 Å². The topological polar surface area (TPSA) is 44.5 Å². The molecule has 1 spiro atoms. The van der Waals surface area contributed by atoms with Gasteiger partial charge in [-0.05, 0) is 37.5 Å². The Bertz CT molecular complexity index is 455. The van der Waals surface area contributed by atoms with Crippen molar-refractivity contribution in [2.45, 2.75) is 25.8 Å². The Balaban J connectivity index is 1.97. The normalized spacial score (nSPS) is 22.1. The van der Waals surface area contributed by atoms with Crippen molar-refractivity contribution in [2.75, 3.05) is 13.2 Å². The van der Waals surface area contributed by atoms with Crippen LogP contribution in [0.25, 0.3) is 0 Å². The highest BCUT2D eigenvalue weighted by atomic mass is 35.5. The molecule has 0 radical (unpaired) electrons. The Morgan fingerprint density at radius 2 is 2.00 bits per heavy atom. The molecule has 1 aliphatic carbocycles. The summed E-state index contributed by atoms with van der Waals surface area (Å²) in [6.45, 7) is 3.36. The predicted molar refractivity (Wildman–Crippen MR) is 66.7 cm³/mol. The maximum Gasteiger partial charge on any atom is 0.179 e. The lowest BCUT2D eigenvalue weighted by Crippen LogP contribution is -2.17. The van der Waals surface area contributed by atoms with E-state index in [0.717, 1.165) is 17.9 Å². The zero-order valence-corrected chi connectivity index (χ0v) is 10.6. The van der Waals surface area contributed by atoms with Gasteiger partial charge in [-0.1, -0.05) is 11.6 Å². The molecule has 1 heterocycles. The molecule has 0 amide bonds. The van der Waals surface area contributed by atoms with E-state index >= 15 is 0 Å². The summed E-state index contributed by atoms with van der Waals surface area (Å²) in [5.74, 6) is 1.40. The van der Waals surface area contributed by atoms with Gasteiger partial charge in [0.25, 0.3) is 0 Å². The molecule has 1 fully saturated rings. The van der Waals surface area contributed by atoms with Gasteiger partial charge in [-0.3, -0.25) is 0 Å². The molecule has 92 valence electrons. The quantitative estimate of drug-likeness (QED) is 0.837. The summed E-state index contributed by atoms with van der Waals surface area (Å²) in [5.41, 5.74) is 7.07. The lowest BCUT2D eigenvalue weighted by Gasteiger charge is -2.13.